The number of aryl methyl sites for hydroxylation is 1. The van der Waals surface area contributed by atoms with Crippen LogP contribution < -0.4 is 5.32 Å². The summed E-state index contributed by atoms with van der Waals surface area (Å²) in [5.41, 5.74) is 0. The lowest BCUT2D eigenvalue weighted by Gasteiger charge is -2.17. The molecule has 0 bridgehead atoms. The minimum absolute atomic E-state index is 0.632. The van der Waals surface area contributed by atoms with Gasteiger partial charge in [0.2, 0.25) is 0 Å². The lowest BCUT2D eigenvalue weighted by Crippen LogP contribution is -2.27. The van der Waals surface area contributed by atoms with Gasteiger partial charge in [-0.25, -0.2) is 4.98 Å². The van der Waals surface area contributed by atoms with Crippen LogP contribution in [0.15, 0.2) is 6.20 Å². The molecule has 2 nitrogen and oxygen atoms in total. The molecule has 0 aromatic carbocycles. The zero-order valence-electron chi connectivity index (χ0n) is 10.3. The van der Waals surface area contributed by atoms with Gasteiger partial charge in [-0.2, -0.15) is 0 Å². The first-order valence-electron chi connectivity index (χ1n) is 6.38. The largest absolute Gasteiger partial charge is 0.308 e. The molecule has 16 heavy (non-hydrogen) atoms. The minimum atomic E-state index is 0.632. The monoisotopic (exact) mass is 238 g/mol. The standard InChI is InChI=1S/C13H22N2S/c1-10(7-12-5-3-4-6-12)14-9-13-15-8-11(2)16-13/h8,10,12,14H,3-7,9H2,1-2H3. The summed E-state index contributed by atoms with van der Waals surface area (Å²) in [6.07, 6.45) is 9.09. The molecule has 1 saturated carbocycles. The van der Waals surface area contributed by atoms with Crippen LogP contribution >= 0.6 is 11.3 Å². The molecule has 3 heteroatoms. The lowest BCUT2D eigenvalue weighted by atomic mass is 9.99. The van der Waals surface area contributed by atoms with E-state index in [4.69, 9.17) is 0 Å². The highest BCUT2D eigenvalue weighted by Crippen LogP contribution is 2.28. The van der Waals surface area contributed by atoms with Crippen molar-refractivity contribution in [1.29, 1.82) is 0 Å². The van der Waals surface area contributed by atoms with Crippen LogP contribution in [0, 0.1) is 12.8 Å². The van der Waals surface area contributed by atoms with E-state index in [0.29, 0.717) is 6.04 Å². The van der Waals surface area contributed by atoms with E-state index in [-0.39, 0.29) is 0 Å². The van der Waals surface area contributed by atoms with Gasteiger partial charge in [-0.3, -0.25) is 0 Å². The van der Waals surface area contributed by atoms with Gasteiger partial charge in [0.25, 0.3) is 0 Å². The fraction of sp³-hybridized carbons (Fsp3) is 0.769. The topological polar surface area (TPSA) is 24.9 Å². The maximum absolute atomic E-state index is 4.38. The van der Waals surface area contributed by atoms with Crippen LogP contribution in [0.2, 0.25) is 0 Å². The van der Waals surface area contributed by atoms with Gasteiger partial charge in [-0.1, -0.05) is 25.7 Å². The first kappa shape index (κ1) is 12.1. The summed E-state index contributed by atoms with van der Waals surface area (Å²) in [5, 5.41) is 4.81. The Hall–Kier alpha value is -0.410. The Balaban J connectivity index is 1.68. The van der Waals surface area contributed by atoms with Gasteiger partial charge in [-0.15, -0.1) is 11.3 Å². The molecule has 1 aromatic heterocycles. The summed E-state index contributed by atoms with van der Waals surface area (Å²) in [5.74, 6) is 0.973. The summed E-state index contributed by atoms with van der Waals surface area (Å²) in [6.45, 7) is 5.36. The Morgan fingerprint density at radius 2 is 2.25 bits per heavy atom. The number of aromatic nitrogens is 1. The van der Waals surface area contributed by atoms with Gasteiger partial charge in [0.15, 0.2) is 0 Å². The van der Waals surface area contributed by atoms with Crippen LogP contribution in [0.5, 0.6) is 0 Å². The molecule has 1 aliphatic carbocycles. The first-order chi connectivity index (χ1) is 7.74. The van der Waals surface area contributed by atoms with Gasteiger partial charge in [-0.05, 0) is 26.2 Å². The number of hydrogen-bond donors (Lipinski definition) is 1. The van der Waals surface area contributed by atoms with Crippen LogP contribution in [0.1, 0.15) is 48.9 Å². The summed E-state index contributed by atoms with van der Waals surface area (Å²) in [7, 11) is 0. The number of nitrogens with one attached hydrogen (secondary N) is 1. The number of thiazole rings is 1. The smallest absolute Gasteiger partial charge is 0.107 e. The van der Waals surface area contributed by atoms with E-state index in [1.807, 2.05) is 6.20 Å². The average molecular weight is 238 g/mol. The molecule has 0 radical (unpaired) electrons. The van der Waals surface area contributed by atoms with Crippen LogP contribution in [0.3, 0.4) is 0 Å². The quantitative estimate of drug-likeness (QED) is 0.849. The highest BCUT2D eigenvalue weighted by molar-refractivity contribution is 7.11. The lowest BCUT2D eigenvalue weighted by molar-refractivity contribution is 0.404. The van der Waals surface area contributed by atoms with Crippen molar-refractivity contribution in [2.24, 2.45) is 5.92 Å². The molecule has 0 spiro atoms. The zero-order chi connectivity index (χ0) is 11.4. The van der Waals surface area contributed by atoms with Gasteiger partial charge in [0.1, 0.15) is 5.01 Å². The number of rotatable bonds is 5. The maximum atomic E-state index is 4.38. The van der Waals surface area contributed by atoms with E-state index in [2.05, 4.69) is 24.1 Å². The highest BCUT2D eigenvalue weighted by atomic mass is 32.1. The molecule has 1 aromatic rings. The second-order valence-corrected chi connectivity index (χ2v) is 6.35. The normalized spacial score (nSPS) is 19.1. The Bertz CT molecular complexity index is 315. The van der Waals surface area contributed by atoms with Crippen molar-refractivity contribution in [3.05, 3.63) is 16.1 Å². The second kappa shape index (κ2) is 5.78. The van der Waals surface area contributed by atoms with E-state index in [9.17, 15) is 0 Å². The SMILES string of the molecule is Cc1cnc(CNC(C)CC2CCCC2)s1. The van der Waals surface area contributed by atoms with Gasteiger partial charge < -0.3 is 5.32 Å². The third kappa shape index (κ3) is 3.56. The van der Waals surface area contributed by atoms with Crippen molar-refractivity contribution in [2.75, 3.05) is 0 Å². The van der Waals surface area contributed by atoms with E-state index < -0.39 is 0 Å². The Labute approximate surface area is 102 Å². The van der Waals surface area contributed by atoms with E-state index in [1.165, 1.54) is 42.0 Å². The molecule has 2 rings (SSSR count). The third-order valence-corrected chi connectivity index (χ3v) is 4.35. The molecule has 90 valence electrons. The van der Waals surface area contributed by atoms with Crippen molar-refractivity contribution in [3.8, 4) is 0 Å². The van der Waals surface area contributed by atoms with Crippen LogP contribution in [0.25, 0.3) is 0 Å². The molecule has 1 N–H and O–H groups in total. The zero-order valence-corrected chi connectivity index (χ0v) is 11.1. The second-order valence-electron chi connectivity index (χ2n) is 5.03. The summed E-state index contributed by atoms with van der Waals surface area (Å²) in [4.78, 5) is 5.68. The van der Waals surface area contributed by atoms with E-state index >= 15 is 0 Å². The predicted octanol–water partition coefficient (Wildman–Crippen LogP) is 3.51. The van der Waals surface area contributed by atoms with Crippen LogP contribution in [-0.4, -0.2) is 11.0 Å². The Morgan fingerprint density at radius 1 is 1.50 bits per heavy atom. The minimum Gasteiger partial charge on any atom is -0.308 e. The molecule has 0 aliphatic heterocycles. The summed E-state index contributed by atoms with van der Waals surface area (Å²) < 4.78 is 0. The molecule has 1 fully saturated rings. The summed E-state index contributed by atoms with van der Waals surface area (Å²) >= 11 is 1.80. The molecular formula is C13H22N2S. The average Bonchev–Trinajstić information content (AvgIpc) is 2.87. The highest BCUT2D eigenvalue weighted by Gasteiger charge is 2.17. The fourth-order valence-electron chi connectivity index (χ4n) is 2.57. The molecule has 1 heterocycles. The van der Waals surface area contributed by atoms with E-state index in [1.54, 1.807) is 11.3 Å². The Kier molecular flexibility index (Phi) is 4.36. The van der Waals surface area contributed by atoms with Crippen molar-refractivity contribution in [1.82, 2.24) is 10.3 Å². The van der Waals surface area contributed by atoms with Gasteiger partial charge in [0.05, 0.1) is 0 Å². The van der Waals surface area contributed by atoms with E-state index in [0.717, 1.165) is 12.5 Å². The maximum Gasteiger partial charge on any atom is 0.107 e. The van der Waals surface area contributed by atoms with Gasteiger partial charge >= 0.3 is 0 Å². The summed E-state index contributed by atoms with van der Waals surface area (Å²) in [6, 6.07) is 0.632. The van der Waals surface area contributed by atoms with Gasteiger partial charge in [0, 0.05) is 23.7 Å². The predicted molar refractivity (Wildman–Crippen MR) is 69.7 cm³/mol. The third-order valence-electron chi connectivity index (χ3n) is 3.43. The first-order valence-corrected chi connectivity index (χ1v) is 7.20. The molecule has 0 saturated heterocycles. The number of hydrogen-bond acceptors (Lipinski definition) is 3. The van der Waals surface area contributed by atoms with Crippen LogP contribution in [0.4, 0.5) is 0 Å². The molecule has 0 amide bonds. The van der Waals surface area contributed by atoms with Crippen molar-refractivity contribution in [2.45, 2.75) is 58.5 Å². The molecule has 1 aliphatic rings. The number of nitrogens with zero attached hydrogens (tertiary/aromatic N) is 1. The fourth-order valence-corrected chi connectivity index (χ4v) is 3.31. The molecule has 1 unspecified atom stereocenters. The van der Waals surface area contributed by atoms with Crippen molar-refractivity contribution in [3.63, 3.8) is 0 Å². The van der Waals surface area contributed by atoms with Crippen LogP contribution in [-0.2, 0) is 6.54 Å². The molecular weight excluding hydrogens is 216 g/mol. The molecule has 1 atom stereocenters. The van der Waals surface area contributed by atoms with Crippen molar-refractivity contribution >= 4 is 11.3 Å². The Morgan fingerprint density at radius 3 is 2.88 bits per heavy atom. The van der Waals surface area contributed by atoms with Crippen molar-refractivity contribution < 1.29 is 0 Å².